The molecule has 1 aliphatic heterocycles. The molecule has 1 saturated heterocycles. The van der Waals surface area contributed by atoms with E-state index in [-0.39, 0.29) is 12.0 Å². The van der Waals surface area contributed by atoms with Crippen molar-refractivity contribution in [2.45, 2.75) is 45.6 Å². The van der Waals surface area contributed by atoms with Gasteiger partial charge in [0, 0.05) is 25.9 Å². The Bertz CT molecular complexity index is 628. The molecule has 5 nitrogen and oxygen atoms in total. The number of hydrogen-bond donors (Lipinski definition) is 1. The summed E-state index contributed by atoms with van der Waals surface area (Å²) >= 11 is 0. The molecule has 23 heavy (non-hydrogen) atoms. The molecule has 1 heterocycles. The van der Waals surface area contributed by atoms with Crippen LogP contribution in [0.25, 0.3) is 0 Å². The summed E-state index contributed by atoms with van der Waals surface area (Å²) in [6, 6.07) is 6.06. The zero-order valence-corrected chi connectivity index (χ0v) is 13.7. The molecule has 5 heteroatoms. The number of benzene rings is 1. The highest BCUT2D eigenvalue weighted by molar-refractivity contribution is 6.04. The summed E-state index contributed by atoms with van der Waals surface area (Å²) in [5.41, 5.74) is 1.32. The first-order chi connectivity index (χ1) is 10.9. The lowest BCUT2D eigenvalue weighted by Gasteiger charge is -2.33. The van der Waals surface area contributed by atoms with E-state index in [1.54, 1.807) is 4.90 Å². The Balaban J connectivity index is 1.55. The number of carboxylic acids is 1. The number of carboxylic acid groups (broad SMARTS) is 1. The Morgan fingerprint density at radius 3 is 2.35 bits per heavy atom. The molecule has 2 aliphatic rings. The van der Waals surface area contributed by atoms with Gasteiger partial charge in [-0.3, -0.25) is 9.59 Å². The third-order valence-electron chi connectivity index (χ3n) is 5.08. The molecule has 0 spiro atoms. The van der Waals surface area contributed by atoms with E-state index in [1.165, 1.54) is 11.1 Å². The number of piperidine rings is 1. The number of carbonyl (C=O) groups excluding carboxylic acids is 1. The number of likely N-dealkylation sites (tertiary alicyclic amines) is 1. The van der Waals surface area contributed by atoms with Gasteiger partial charge in [0.1, 0.15) is 17.3 Å². The first-order valence-electron chi connectivity index (χ1n) is 8.19. The Morgan fingerprint density at radius 2 is 1.83 bits per heavy atom. The largest absolute Gasteiger partial charge is 0.490 e. The molecule has 1 N–H and O–H groups in total. The maximum Gasteiger partial charge on any atom is 0.319 e. The third-order valence-corrected chi connectivity index (χ3v) is 5.08. The first kappa shape index (κ1) is 15.8. The fraction of sp³-hybridized carbons (Fsp3) is 0.556. The van der Waals surface area contributed by atoms with Crippen LogP contribution in [0.1, 0.15) is 36.8 Å². The molecule has 0 unspecified atom stereocenters. The minimum absolute atomic E-state index is 0.0844. The number of carbonyl (C=O) groups is 2. The zero-order chi connectivity index (χ0) is 16.6. The van der Waals surface area contributed by atoms with Gasteiger partial charge < -0.3 is 14.7 Å². The molecule has 2 fully saturated rings. The van der Waals surface area contributed by atoms with Gasteiger partial charge in [0.25, 0.3) is 0 Å². The van der Waals surface area contributed by atoms with E-state index < -0.39 is 11.4 Å². The number of nitrogens with zero attached hydrogens (tertiary/aromatic N) is 1. The molecule has 124 valence electrons. The fourth-order valence-corrected chi connectivity index (χ4v) is 3.10. The molecule has 1 amide bonds. The number of aliphatic carboxylic acids is 1. The summed E-state index contributed by atoms with van der Waals surface area (Å²) in [4.78, 5) is 25.3. The Kier molecular flexibility index (Phi) is 4.04. The molecule has 3 rings (SSSR count). The molecule has 1 aromatic carbocycles. The van der Waals surface area contributed by atoms with E-state index in [4.69, 9.17) is 4.74 Å². The monoisotopic (exact) mass is 317 g/mol. The van der Waals surface area contributed by atoms with Crippen molar-refractivity contribution in [1.29, 1.82) is 0 Å². The molecule has 1 saturated carbocycles. The van der Waals surface area contributed by atoms with Crippen LogP contribution in [0.5, 0.6) is 5.75 Å². The molecule has 1 aliphatic carbocycles. The first-order valence-corrected chi connectivity index (χ1v) is 8.19. The van der Waals surface area contributed by atoms with Crippen LogP contribution in [0.4, 0.5) is 0 Å². The van der Waals surface area contributed by atoms with Gasteiger partial charge in [0.05, 0.1) is 0 Å². The Morgan fingerprint density at radius 1 is 1.17 bits per heavy atom. The van der Waals surface area contributed by atoms with Crippen LogP contribution in [0.3, 0.4) is 0 Å². The van der Waals surface area contributed by atoms with Gasteiger partial charge >= 0.3 is 5.97 Å². The second-order valence-electron chi connectivity index (χ2n) is 6.74. The lowest BCUT2D eigenvalue weighted by Crippen LogP contribution is -2.46. The summed E-state index contributed by atoms with van der Waals surface area (Å²) in [6.45, 7) is 5.27. The minimum Gasteiger partial charge on any atom is -0.490 e. The summed E-state index contributed by atoms with van der Waals surface area (Å²) in [5.74, 6) is -0.326. The minimum atomic E-state index is -1.12. The second-order valence-corrected chi connectivity index (χ2v) is 6.74. The highest BCUT2D eigenvalue weighted by atomic mass is 16.5. The molecule has 0 bridgehead atoms. The zero-order valence-electron chi connectivity index (χ0n) is 13.7. The van der Waals surface area contributed by atoms with Gasteiger partial charge in [-0.25, -0.2) is 0 Å². The average Bonchev–Trinajstić information content (AvgIpc) is 3.33. The maximum absolute atomic E-state index is 12.4. The van der Waals surface area contributed by atoms with Gasteiger partial charge in [0.2, 0.25) is 5.91 Å². The molecule has 0 aromatic heterocycles. The van der Waals surface area contributed by atoms with Gasteiger partial charge in [-0.1, -0.05) is 6.07 Å². The van der Waals surface area contributed by atoms with Crippen LogP contribution in [0.2, 0.25) is 0 Å². The van der Waals surface area contributed by atoms with E-state index in [0.29, 0.717) is 25.9 Å². The molecular weight excluding hydrogens is 294 g/mol. The van der Waals surface area contributed by atoms with E-state index in [9.17, 15) is 14.7 Å². The summed E-state index contributed by atoms with van der Waals surface area (Å²) in [5, 5.41) is 9.23. The number of hydrogen-bond acceptors (Lipinski definition) is 3. The maximum atomic E-state index is 12.4. The molecule has 1 aromatic rings. The standard InChI is InChI=1S/C18H23NO4/c1-12-3-4-15(11-13(12)2)23-14-5-9-19(10-6-14)16(20)18(7-8-18)17(21)22/h3-4,11,14H,5-10H2,1-2H3,(H,21,22). The van der Waals surface area contributed by atoms with Crippen molar-refractivity contribution < 1.29 is 19.4 Å². The van der Waals surface area contributed by atoms with Crippen LogP contribution >= 0.6 is 0 Å². The SMILES string of the molecule is Cc1ccc(OC2CCN(C(=O)C3(C(=O)O)CC3)CC2)cc1C. The highest BCUT2D eigenvalue weighted by Gasteiger charge is 2.58. The van der Waals surface area contributed by atoms with Crippen LogP contribution in [-0.2, 0) is 9.59 Å². The summed E-state index contributed by atoms with van der Waals surface area (Å²) in [7, 11) is 0. The van der Waals surface area contributed by atoms with Crippen LogP contribution < -0.4 is 4.74 Å². The quantitative estimate of drug-likeness (QED) is 0.867. The fourth-order valence-electron chi connectivity index (χ4n) is 3.10. The van der Waals surface area contributed by atoms with Crippen LogP contribution in [-0.4, -0.2) is 41.1 Å². The van der Waals surface area contributed by atoms with Gasteiger partial charge in [-0.05, 0) is 49.9 Å². The van der Waals surface area contributed by atoms with E-state index >= 15 is 0 Å². The molecule has 0 atom stereocenters. The van der Waals surface area contributed by atoms with E-state index in [2.05, 4.69) is 13.8 Å². The normalized spacial score (nSPS) is 20.2. The van der Waals surface area contributed by atoms with Crippen molar-refractivity contribution in [3.05, 3.63) is 29.3 Å². The van der Waals surface area contributed by atoms with Crippen LogP contribution in [0, 0.1) is 19.3 Å². The number of ether oxygens (including phenoxy) is 1. The van der Waals surface area contributed by atoms with Crippen molar-refractivity contribution in [2.24, 2.45) is 5.41 Å². The van der Waals surface area contributed by atoms with E-state index in [1.807, 2.05) is 18.2 Å². The Hall–Kier alpha value is -2.04. The number of aryl methyl sites for hydroxylation is 2. The number of amides is 1. The van der Waals surface area contributed by atoms with Crippen LogP contribution in [0.15, 0.2) is 18.2 Å². The van der Waals surface area contributed by atoms with Crippen molar-refractivity contribution in [1.82, 2.24) is 4.90 Å². The lowest BCUT2D eigenvalue weighted by molar-refractivity contribution is -0.154. The Labute approximate surface area is 136 Å². The molecular formula is C18H23NO4. The highest BCUT2D eigenvalue weighted by Crippen LogP contribution is 2.47. The van der Waals surface area contributed by atoms with Gasteiger partial charge in [-0.15, -0.1) is 0 Å². The lowest BCUT2D eigenvalue weighted by atomic mass is 10.0. The van der Waals surface area contributed by atoms with Gasteiger partial charge in [-0.2, -0.15) is 0 Å². The molecule has 0 radical (unpaired) electrons. The topological polar surface area (TPSA) is 66.8 Å². The summed E-state index contributed by atoms with van der Waals surface area (Å²) in [6.07, 6.45) is 2.52. The predicted octanol–water partition coefficient (Wildman–Crippen LogP) is 2.54. The second kappa shape index (κ2) is 5.87. The third kappa shape index (κ3) is 3.05. The van der Waals surface area contributed by atoms with Crippen molar-refractivity contribution >= 4 is 11.9 Å². The smallest absolute Gasteiger partial charge is 0.319 e. The van der Waals surface area contributed by atoms with E-state index in [0.717, 1.165) is 18.6 Å². The van der Waals surface area contributed by atoms with Crippen molar-refractivity contribution in [2.75, 3.05) is 13.1 Å². The van der Waals surface area contributed by atoms with Crippen molar-refractivity contribution in [3.8, 4) is 5.75 Å². The van der Waals surface area contributed by atoms with Gasteiger partial charge in [0.15, 0.2) is 0 Å². The number of rotatable bonds is 4. The van der Waals surface area contributed by atoms with Crippen molar-refractivity contribution in [3.63, 3.8) is 0 Å². The summed E-state index contributed by atoms with van der Waals surface area (Å²) < 4.78 is 6.01. The predicted molar refractivity (Wildman–Crippen MR) is 85.4 cm³/mol. The average molecular weight is 317 g/mol.